The van der Waals surface area contributed by atoms with Gasteiger partial charge in [0.25, 0.3) is 0 Å². The number of pyridine rings is 1. The van der Waals surface area contributed by atoms with Crippen molar-refractivity contribution in [2.45, 2.75) is 19.9 Å². The topological polar surface area (TPSA) is 106 Å². The zero-order valence-electron chi connectivity index (χ0n) is 13.5. The highest BCUT2D eigenvalue weighted by atomic mass is 35.5. The van der Waals surface area contributed by atoms with Gasteiger partial charge in [0, 0.05) is 6.20 Å². The normalized spacial score (nSPS) is 10.9. The van der Waals surface area contributed by atoms with Crippen molar-refractivity contribution in [1.82, 2.24) is 15.6 Å². The largest absolute Gasteiger partial charge is 0.475 e. The van der Waals surface area contributed by atoms with Crippen molar-refractivity contribution >= 4 is 48.2 Å². The summed E-state index contributed by atoms with van der Waals surface area (Å²) in [5.74, 6) is -0.337. The van der Waals surface area contributed by atoms with Crippen molar-refractivity contribution in [2.75, 3.05) is 19.7 Å². The first-order chi connectivity index (χ1) is 10.4. The molecule has 0 saturated carbocycles. The third-order valence-corrected chi connectivity index (χ3v) is 3.12. The van der Waals surface area contributed by atoms with Gasteiger partial charge in [-0.1, -0.05) is 25.4 Å². The summed E-state index contributed by atoms with van der Waals surface area (Å²) in [5.41, 5.74) is 5.66. The number of rotatable bonds is 8. The molecule has 0 spiro atoms. The standard InChI is InChI=1S/C14H21ClN4O3.2ClH/c1-9(2)12(16)13(21)19-8-11(20)17-6-7-22-14-10(15)4-3-5-18-14;;/h3-5,9,12H,6-8,16H2,1-2H3,(H,17,20)(H,19,21);2*1H/t12-;;/m0../s1. The number of carbonyl (C=O) groups excluding carboxylic acids is 2. The van der Waals surface area contributed by atoms with Crippen LogP contribution in [-0.4, -0.2) is 42.5 Å². The van der Waals surface area contributed by atoms with E-state index in [1.807, 2.05) is 13.8 Å². The van der Waals surface area contributed by atoms with Crippen LogP contribution in [0.3, 0.4) is 0 Å². The summed E-state index contributed by atoms with van der Waals surface area (Å²) in [7, 11) is 0. The predicted octanol–water partition coefficient (Wildman–Crippen LogP) is 1.17. The molecule has 1 heterocycles. The van der Waals surface area contributed by atoms with Gasteiger partial charge in [0.15, 0.2) is 0 Å². The molecule has 24 heavy (non-hydrogen) atoms. The zero-order chi connectivity index (χ0) is 16.5. The molecule has 1 aromatic rings. The first-order valence-corrected chi connectivity index (χ1v) is 7.33. The van der Waals surface area contributed by atoms with Crippen LogP contribution in [0.2, 0.25) is 5.02 Å². The minimum absolute atomic E-state index is 0. The SMILES string of the molecule is CC(C)[C@H](N)C(=O)NCC(=O)NCCOc1ncccc1Cl.Cl.Cl. The summed E-state index contributed by atoms with van der Waals surface area (Å²) < 4.78 is 5.32. The molecule has 0 bridgehead atoms. The predicted molar refractivity (Wildman–Crippen MR) is 98.1 cm³/mol. The molecule has 1 aromatic heterocycles. The molecule has 0 radical (unpaired) electrons. The lowest BCUT2D eigenvalue weighted by atomic mass is 10.1. The molecule has 0 aliphatic rings. The molecule has 4 N–H and O–H groups in total. The lowest BCUT2D eigenvalue weighted by Gasteiger charge is -2.15. The van der Waals surface area contributed by atoms with E-state index in [9.17, 15) is 9.59 Å². The molecule has 0 aliphatic carbocycles. The van der Waals surface area contributed by atoms with Gasteiger partial charge in [-0.05, 0) is 18.1 Å². The Morgan fingerprint density at radius 1 is 1.33 bits per heavy atom. The molecule has 0 unspecified atom stereocenters. The van der Waals surface area contributed by atoms with Gasteiger partial charge < -0.3 is 21.1 Å². The van der Waals surface area contributed by atoms with Gasteiger partial charge in [-0.3, -0.25) is 9.59 Å². The van der Waals surface area contributed by atoms with Crippen molar-refractivity contribution in [3.8, 4) is 5.88 Å². The van der Waals surface area contributed by atoms with E-state index in [2.05, 4.69) is 15.6 Å². The Kier molecular flexibility index (Phi) is 13.6. The highest BCUT2D eigenvalue weighted by molar-refractivity contribution is 6.31. The average molecular weight is 402 g/mol. The quantitative estimate of drug-likeness (QED) is 0.567. The van der Waals surface area contributed by atoms with E-state index in [-0.39, 0.29) is 62.2 Å². The highest BCUT2D eigenvalue weighted by Crippen LogP contribution is 2.19. The fourth-order valence-corrected chi connectivity index (χ4v) is 1.64. The fourth-order valence-electron chi connectivity index (χ4n) is 1.47. The Bertz CT molecular complexity index is 518. The van der Waals surface area contributed by atoms with Crippen molar-refractivity contribution in [1.29, 1.82) is 0 Å². The molecular formula is C14H23Cl3N4O3. The first-order valence-electron chi connectivity index (χ1n) is 6.95. The number of aromatic nitrogens is 1. The van der Waals surface area contributed by atoms with Crippen molar-refractivity contribution in [3.05, 3.63) is 23.4 Å². The number of amides is 2. The number of halogens is 3. The molecule has 7 nitrogen and oxygen atoms in total. The number of carbonyl (C=O) groups is 2. The van der Waals surface area contributed by atoms with Gasteiger partial charge in [0.2, 0.25) is 17.7 Å². The first kappa shape index (κ1) is 25.0. The third-order valence-electron chi connectivity index (χ3n) is 2.83. The van der Waals surface area contributed by atoms with E-state index in [0.29, 0.717) is 10.9 Å². The molecule has 0 aromatic carbocycles. The van der Waals surface area contributed by atoms with Crippen molar-refractivity contribution < 1.29 is 14.3 Å². The Morgan fingerprint density at radius 2 is 2.00 bits per heavy atom. The maximum absolute atomic E-state index is 11.6. The monoisotopic (exact) mass is 400 g/mol. The number of nitrogens with two attached hydrogens (primary N) is 1. The maximum atomic E-state index is 11.6. The van der Waals surface area contributed by atoms with Gasteiger partial charge in [-0.15, -0.1) is 24.8 Å². The third kappa shape index (κ3) is 9.12. The lowest BCUT2D eigenvalue weighted by molar-refractivity contribution is -0.127. The van der Waals surface area contributed by atoms with E-state index in [0.717, 1.165) is 0 Å². The minimum Gasteiger partial charge on any atom is -0.475 e. The van der Waals surface area contributed by atoms with Crippen LogP contribution in [0.4, 0.5) is 0 Å². The van der Waals surface area contributed by atoms with Gasteiger partial charge in [-0.2, -0.15) is 0 Å². The second-order valence-corrected chi connectivity index (χ2v) is 5.38. The highest BCUT2D eigenvalue weighted by Gasteiger charge is 2.17. The Morgan fingerprint density at radius 3 is 2.58 bits per heavy atom. The van der Waals surface area contributed by atoms with Gasteiger partial charge in [0.1, 0.15) is 11.6 Å². The van der Waals surface area contributed by atoms with E-state index < -0.39 is 6.04 Å². The summed E-state index contributed by atoms with van der Waals surface area (Å²) in [6.07, 6.45) is 1.56. The summed E-state index contributed by atoms with van der Waals surface area (Å²) in [5, 5.41) is 5.49. The summed E-state index contributed by atoms with van der Waals surface area (Å²) in [6.45, 7) is 4.05. The van der Waals surface area contributed by atoms with E-state index in [1.165, 1.54) is 0 Å². The fraction of sp³-hybridized carbons (Fsp3) is 0.500. The van der Waals surface area contributed by atoms with Crippen LogP contribution in [0.1, 0.15) is 13.8 Å². The number of ether oxygens (including phenoxy) is 1. The number of hydrogen-bond acceptors (Lipinski definition) is 5. The lowest BCUT2D eigenvalue weighted by Crippen LogP contribution is -2.47. The smallest absolute Gasteiger partial charge is 0.239 e. The molecule has 0 aliphatic heterocycles. The van der Waals surface area contributed by atoms with E-state index in [4.69, 9.17) is 22.1 Å². The minimum atomic E-state index is -0.623. The number of nitrogens with one attached hydrogen (secondary N) is 2. The number of hydrogen-bond donors (Lipinski definition) is 3. The molecule has 138 valence electrons. The zero-order valence-corrected chi connectivity index (χ0v) is 15.8. The van der Waals surface area contributed by atoms with Crippen LogP contribution >= 0.6 is 36.4 Å². The van der Waals surface area contributed by atoms with Crippen LogP contribution in [0.25, 0.3) is 0 Å². The Labute approximate surface area is 158 Å². The van der Waals surface area contributed by atoms with Gasteiger partial charge in [0.05, 0.1) is 19.1 Å². The van der Waals surface area contributed by atoms with Gasteiger partial charge >= 0.3 is 0 Å². The maximum Gasteiger partial charge on any atom is 0.239 e. The van der Waals surface area contributed by atoms with Crippen LogP contribution < -0.4 is 21.1 Å². The Balaban J connectivity index is 0. The van der Waals surface area contributed by atoms with E-state index >= 15 is 0 Å². The van der Waals surface area contributed by atoms with Crippen molar-refractivity contribution in [2.24, 2.45) is 11.7 Å². The molecule has 0 saturated heterocycles. The van der Waals surface area contributed by atoms with Crippen LogP contribution in [0.5, 0.6) is 5.88 Å². The average Bonchev–Trinajstić information content (AvgIpc) is 2.49. The summed E-state index contributed by atoms with van der Waals surface area (Å²) >= 11 is 5.87. The van der Waals surface area contributed by atoms with Gasteiger partial charge in [-0.25, -0.2) is 4.98 Å². The van der Waals surface area contributed by atoms with E-state index in [1.54, 1.807) is 18.3 Å². The molecule has 1 atom stereocenters. The molecular weight excluding hydrogens is 379 g/mol. The second-order valence-electron chi connectivity index (χ2n) is 4.98. The molecule has 2 amide bonds. The summed E-state index contributed by atoms with van der Waals surface area (Å²) in [6, 6.07) is 2.74. The summed E-state index contributed by atoms with van der Waals surface area (Å²) in [4.78, 5) is 27.1. The number of nitrogens with zero attached hydrogens (tertiary/aromatic N) is 1. The Hall–Kier alpha value is -1.28. The molecule has 1 rings (SSSR count). The van der Waals surface area contributed by atoms with Crippen molar-refractivity contribution in [3.63, 3.8) is 0 Å². The van der Waals surface area contributed by atoms with Crippen LogP contribution in [0.15, 0.2) is 18.3 Å². The molecule has 0 fully saturated rings. The van der Waals surface area contributed by atoms with Crippen LogP contribution in [-0.2, 0) is 9.59 Å². The second kappa shape index (κ2) is 13.1. The molecule has 10 heteroatoms. The van der Waals surface area contributed by atoms with Crippen LogP contribution in [0, 0.1) is 5.92 Å².